The summed E-state index contributed by atoms with van der Waals surface area (Å²) in [6.07, 6.45) is -1.03. The van der Waals surface area contributed by atoms with Crippen molar-refractivity contribution in [1.29, 1.82) is 0 Å². The lowest BCUT2D eigenvalue weighted by atomic mass is 10.0. The molecule has 0 aromatic heterocycles. The molecule has 2 aliphatic rings. The second kappa shape index (κ2) is 6.02. The van der Waals surface area contributed by atoms with Gasteiger partial charge in [-0.25, -0.2) is 0 Å². The van der Waals surface area contributed by atoms with Crippen LogP contribution in [0.2, 0.25) is 0 Å². The first-order valence-electron chi connectivity index (χ1n) is 7.34. The normalized spacial score (nSPS) is 34.6. The second-order valence-electron chi connectivity index (χ2n) is 6.02. The highest BCUT2D eigenvalue weighted by atomic mass is 16.8. The molecule has 0 saturated carbocycles. The number of aliphatic hydroxyl groups is 1. The van der Waals surface area contributed by atoms with Crippen molar-refractivity contribution in [1.82, 2.24) is 0 Å². The zero-order valence-corrected chi connectivity index (χ0v) is 12.4. The molecule has 0 bridgehead atoms. The van der Waals surface area contributed by atoms with Gasteiger partial charge in [0.25, 0.3) is 0 Å². The molecule has 2 saturated heterocycles. The van der Waals surface area contributed by atoms with E-state index in [1.807, 2.05) is 44.2 Å². The maximum atomic E-state index is 10.0. The minimum Gasteiger partial charge on any atom is -0.374 e. The van der Waals surface area contributed by atoms with Gasteiger partial charge in [-0.05, 0) is 19.4 Å². The second-order valence-corrected chi connectivity index (χ2v) is 6.02. The summed E-state index contributed by atoms with van der Waals surface area (Å²) < 4.78 is 22.7. The van der Waals surface area contributed by atoms with E-state index in [2.05, 4.69) is 0 Å². The average Bonchev–Trinajstić information content (AvgIpc) is 2.75. The van der Waals surface area contributed by atoms with Crippen molar-refractivity contribution in [3.8, 4) is 0 Å². The molecule has 1 aromatic rings. The summed E-state index contributed by atoms with van der Waals surface area (Å²) in [6.45, 7) is 4.66. The van der Waals surface area contributed by atoms with Gasteiger partial charge in [-0.3, -0.25) is 0 Å². The highest BCUT2D eigenvalue weighted by Gasteiger charge is 2.49. The van der Waals surface area contributed by atoms with E-state index in [1.54, 1.807) is 0 Å². The topological polar surface area (TPSA) is 57.2 Å². The van der Waals surface area contributed by atoms with Crippen LogP contribution in [0.1, 0.15) is 25.8 Å². The predicted molar refractivity (Wildman–Crippen MR) is 75.4 cm³/mol. The molecule has 3 rings (SSSR count). The molecule has 0 radical (unpaired) electrons. The molecule has 116 valence electrons. The predicted octanol–water partition coefficient (Wildman–Crippen LogP) is 1.83. The van der Waals surface area contributed by atoms with Gasteiger partial charge in [0.05, 0.1) is 25.4 Å². The number of ether oxygens (including phenoxy) is 4. The number of hydrogen-bond acceptors (Lipinski definition) is 5. The van der Waals surface area contributed by atoms with Crippen LogP contribution in [0.25, 0.3) is 0 Å². The van der Waals surface area contributed by atoms with Crippen LogP contribution in [-0.2, 0) is 25.6 Å². The quantitative estimate of drug-likeness (QED) is 0.918. The Hall–Kier alpha value is -0.980. The first-order valence-corrected chi connectivity index (χ1v) is 7.34. The lowest BCUT2D eigenvalue weighted by molar-refractivity contribution is -0.237. The fourth-order valence-electron chi connectivity index (χ4n) is 2.87. The smallest absolute Gasteiger partial charge is 0.184 e. The Morgan fingerprint density at radius 3 is 2.76 bits per heavy atom. The minimum atomic E-state index is -0.962. The molecule has 4 atom stereocenters. The summed E-state index contributed by atoms with van der Waals surface area (Å²) in [6, 6.07) is 9.97. The maximum Gasteiger partial charge on any atom is 0.184 e. The molecule has 0 spiro atoms. The Bertz CT molecular complexity index is 461. The molecule has 0 amide bonds. The SMILES string of the molecule is CC1(C)OC2[C@H](CC(COCc3ccccc3)O[C@@H]2O)O1. The van der Waals surface area contributed by atoms with E-state index in [0.29, 0.717) is 19.6 Å². The highest BCUT2D eigenvalue weighted by Crippen LogP contribution is 2.36. The van der Waals surface area contributed by atoms with E-state index < -0.39 is 18.2 Å². The lowest BCUT2D eigenvalue weighted by Gasteiger charge is -2.33. The third kappa shape index (κ3) is 3.62. The van der Waals surface area contributed by atoms with Crippen LogP contribution in [0, 0.1) is 0 Å². The van der Waals surface area contributed by atoms with Crippen LogP contribution < -0.4 is 0 Å². The van der Waals surface area contributed by atoms with E-state index in [1.165, 1.54) is 0 Å². The Kier molecular flexibility index (Phi) is 4.28. The Labute approximate surface area is 124 Å². The summed E-state index contributed by atoms with van der Waals surface area (Å²) in [7, 11) is 0. The van der Waals surface area contributed by atoms with Crippen LogP contribution in [0.4, 0.5) is 0 Å². The van der Waals surface area contributed by atoms with Gasteiger partial charge in [0.2, 0.25) is 0 Å². The molecule has 1 aromatic carbocycles. The van der Waals surface area contributed by atoms with Gasteiger partial charge in [0.15, 0.2) is 12.1 Å². The van der Waals surface area contributed by atoms with Crippen molar-refractivity contribution in [2.24, 2.45) is 0 Å². The number of hydrogen-bond donors (Lipinski definition) is 1. The Morgan fingerprint density at radius 1 is 1.24 bits per heavy atom. The molecule has 5 nitrogen and oxygen atoms in total. The van der Waals surface area contributed by atoms with E-state index in [0.717, 1.165) is 5.56 Å². The van der Waals surface area contributed by atoms with Crippen LogP contribution >= 0.6 is 0 Å². The summed E-state index contributed by atoms with van der Waals surface area (Å²) >= 11 is 0. The van der Waals surface area contributed by atoms with Gasteiger partial charge in [-0.1, -0.05) is 30.3 Å². The number of rotatable bonds is 4. The van der Waals surface area contributed by atoms with E-state index >= 15 is 0 Å². The number of aliphatic hydroxyl groups excluding tert-OH is 1. The molecule has 2 fully saturated rings. The first-order chi connectivity index (χ1) is 10.0. The maximum absolute atomic E-state index is 10.0. The van der Waals surface area contributed by atoms with Crippen LogP contribution in [0.15, 0.2) is 30.3 Å². The fourth-order valence-corrected chi connectivity index (χ4v) is 2.87. The largest absolute Gasteiger partial charge is 0.374 e. The Morgan fingerprint density at radius 2 is 2.00 bits per heavy atom. The highest BCUT2D eigenvalue weighted by molar-refractivity contribution is 5.13. The summed E-state index contributed by atoms with van der Waals surface area (Å²) in [5.74, 6) is -0.667. The average molecular weight is 294 g/mol. The van der Waals surface area contributed by atoms with Crippen LogP contribution in [0.5, 0.6) is 0 Å². The van der Waals surface area contributed by atoms with E-state index in [9.17, 15) is 5.11 Å². The number of fused-ring (bicyclic) bond motifs is 1. The third-order valence-corrected chi connectivity index (χ3v) is 3.74. The van der Waals surface area contributed by atoms with Crippen molar-refractivity contribution in [2.75, 3.05) is 6.61 Å². The summed E-state index contributed by atoms with van der Waals surface area (Å²) in [5, 5.41) is 10.0. The van der Waals surface area contributed by atoms with E-state index in [4.69, 9.17) is 18.9 Å². The van der Waals surface area contributed by atoms with Crippen LogP contribution in [-0.4, -0.2) is 42.1 Å². The van der Waals surface area contributed by atoms with Crippen LogP contribution in [0.3, 0.4) is 0 Å². The van der Waals surface area contributed by atoms with Crippen molar-refractivity contribution >= 4 is 0 Å². The lowest BCUT2D eigenvalue weighted by Crippen LogP contribution is -2.47. The molecule has 1 N–H and O–H groups in total. The molecular formula is C16H22O5. The van der Waals surface area contributed by atoms with Gasteiger partial charge >= 0.3 is 0 Å². The van der Waals surface area contributed by atoms with Gasteiger partial charge in [0, 0.05) is 6.42 Å². The number of benzene rings is 1. The van der Waals surface area contributed by atoms with E-state index in [-0.39, 0.29) is 12.2 Å². The molecule has 5 heteroatoms. The molecule has 2 heterocycles. The first kappa shape index (κ1) is 14.9. The van der Waals surface area contributed by atoms with Crippen molar-refractivity contribution in [3.63, 3.8) is 0 Å². The molecule has 2 aliphatic heterocycles. The van der Waals surface area contributed by atoms with Crippen molar-refractivity contribution < 1.29 is 24.1 Å². The monoisotopic (exact) mass is 294 g/mol. The standard InChI is InChI=1S/C16H22O5/c1-16(2)20-13-8-12(19-15(17)14(13)21-16)10-18-9-11-6-4-3-5-7-11/h3-7,12-15,17H,8-10H2,1-2H3/t12?,13-,14?,15-/m0/s1. The zero-order valence-electron chi connectivity index (χ0n) is 12.4. The zero-order chi connectivity index (χ0) is 14.9. The molecule has 21 heavy (non-hydrogen) atoms. The molecule has 2 unspecified atom stereocenters. The molecular weight excluding hydrogens is 272 g/mol. The van der Waals surface area contributed by atoms with Gasteiger partial charge in [-0.2, -0.15) is 0 Å². The fraction of sp³-hybridized carbons (Fsp3) is 0.625. The summed E-state index contributed by atoms with van der Waals surface area (Å²) in [4.78, 5) is 0. The Balaban J connectivity index is 1.49. The summed E-state index contributed by atoms with van der Waals surface area (Å²) in [5.41, 5.74) is 1.12. The van der Waals surface area contributed by atoms with Gasteiger partial charge < -0.3 is 24.1 Å². The van der Waals surface area contributed by atoms with Gasteiger partial charge in [-0.15, -0.1) is 0 Å². The van der Waals surface area contributed by atoms with Crippen molar-refractivity contribution in [3.05, 3.63) is 35.9 Å². The minimum absolute atomic E-state index is 0.144. The molecule has 0 aliphatic carbocycles. The van der Waals surface area contributed by atoms with Gasteiger partial charge in [0.1, 0.15) is 6.10 Å². The van der Waals surface area contributed by atoms with Crippen molar-refractivity contribution in [2.45, 2.75) is 57.3 Å². The third-order valence-electron chi connectivity index (χ3n) is 3.74.